The number of halogens is 3. The zero-order chi connectivity index (χ0) is 66.8. The summed E-state index contributed by atoms with van der Waals surface area (Å²) in [5.74, 6) is 0.783. The van der Waals surface area contributed by atoms with Gasteiger partial charge in [-0.3, -0.25) is 13.9 Å². The average Bonchev–Trinajstić information content (AvgIpc) is 0.763. The number of ether oxygens (including phenoxy) is 4. The van der Waals surface area contributed by atoms with Gasteiger partial charge in [-0.1, -0.05) is 69.8 Å². The zero-order valence-electron chi connectivity index (χ0n) is 47.7. The molecular formula is C57H58BBr3N6O20S4. The quantitative estimate of drug-likeness (QED) is 0.0323. The first-order chi connectivity index (χ1) is 42.8. The lowest BCUT2D eigenvalue weighted by Gasteiger charge is -2.28. The number of nitrogens with zero attached hydrogens (tertiary/aromatic N) is 6. The van der Waals surface area contributed by atoms with E-state index in [2.05, 4.69) is 57.2 Å². The summed E-state index contributed by atoms with van der Waals surface area (Å²) >= 11 is 9.31. The van der Waals surface area contributed by atoms with E-state index in [1.165, 1.54) is 89.7 Å². The van der Waals surface area contributed by atoms with Crippen molar-refractivity contribution in [2.75, 3.05) is 58.0 Å². The molecule has 2 aromatic heterocycles. The number of phenols is 2. The van der Waals surface area contributed by atoms with Crippen LogP contribution in [0.2, 0.25) is 0 Å². The van der Waals surface area contributed by atoms with Gasteiger partial charge in [-0.15, -0.1) is 47.3 Å². The van der Waals surface area contributed by atoms with E-state index in [0.29, 0.717) is 45.1 Å². The van der Waals surface area contributed by atoms with Crippen LogP contribution in [0.4, 0.5) is 23.0 Å². The molecule has 0 aliphatic heterocycles. The molecule has 8 aromatic rings. The minimum atomic E-state index is -4.41. The summed E-state index contributed by atoms with van der Waals surface area (Å²) in [5.41, 5.74) is 0.308. The van der Waals surface area contributed by atoms with Gasteiger partial charge in [0, 0.05) is 34.6 Å². The molecule has 484 valence electrons. The average molecular weight is 1530 g/mol. The monoisotopic (exact) mass is 1520 g/mol. The lowest BCUT2D eigenvalue weighted by Crippen LogP contribution is -2.35. The Bertz CT molecular complexity index is 3970. The van der Waals surface area contributed by atoms with Gasteiger partial charge < -0.3 is 29.2 Å². The minimum absolute atomic E-state index is 0. The van der Waals surface area contributed by atoms with E-state index in [9.17, 15) is 53.5 Å². The molecule has 0 aliphatic rings. The number of benzene rings is 6. The lowest BCUT2D eigenvalue weighted by molar-refractivity contribution is -0.193. The number of carbonyl (C=O) groups is 2. The maximum Gasteiger partial charge on any atom is 0.373 e. The molecule has 34 heteroatoms. The molecule has 8 rings (SSSR count). The number of fused-ring (bicyclic) bond motifs is 2. The van der Waals surface area contributed by atoms with Crippen molar-refractivity contribution >= 4 is 160 Å². The summed E-state index contributed by atoms with van der Waals surface area (Å²) in [7, 11) is -13.7. The first-order valence-corrected chi connectivity index (χ1v) is 34.1. The summed E-state index contributed by atoms with van der Waals surface area (Å²) in [5, 5.41) is 20.6. The molecule has 6 aromatic carbocycles. The van der Waals surface area contributed by atoms with E-state index in [0.717, 1.165) is 34.8 Å². The summed E-state index contributed by atoms with van der Waals surface area (Å²) in [6.45, 7) is 2.77. The Morgan fingerprint density at radius 2 is 0.736 bits per heavy atom. The maximum absolute atomic E-state index is 13.8. The van der Waals surface area contributed by atoms with Crippen molar-refractivity contribution < 1.29 is 91.6 Å². The molecule has 26 nitrogen and oxygen atoms in total. The molecule has 2 N–H and O–H groups in total. The molecule has 0 spiro atoms. The van der Waals surface area contributed by atoms with Crippen LogP contribution in [0.1, 0.15) is 34.1 Å². The number of anilines is 4. The highest BCUT2D eigenvalue weighted by Gasteiger charge is 2.34. The van der Waals surface area contributed by atoms with Crippen LogP contribution >= 0.6 is 47.3 Å². The second-order valence-electron chi connectivity index (χ2n) is 17.4. The van der Waals surface area contributed by atoms with Crippen molar-refractivity contribution in [2.24, 2.45) is 0 Å². The van der Waals surface area contributed by atoms with Crippen LogP contribution in [0.3, 0.4) is 0 Å². The van der Waals surface area contributed by atoms with Crippen LogP contribution in [0.5, 0.6) is 23.0 Å². The van der Waals surface area contributed by atoms with Crippen molar-refractivity contribution in [3.05, 3.63) is 158 Å². The highest BCUT2D eigenvalue weighted by Crippen LogP contribution is 2.39. The number of methoxy groups -OCH3 is 2. The van der Waals surface area contributed by atoms with E-state index < -0.39 is 53.6 Å². The predicted molar refractivity (Wildman–Crippen MR) is 348 cm³/mol. The molecule has 0 atom stereocenters. The van der Waals surface area contributed by atoms with Crippen molar-refractivity contribution in [3.63, 3.8) is 0 Å². The molecule has 0 saturated heterocycles. The van der Waals surface area contributed by atoms with Gasteiger partial charge in [0.05, 0.1) is 57.6 Å². The first-order valence-electron chi connectivity index (χ1n) is 25.6. The number of carbonyl (C=O) groups excluding carboxylic acids is 6. The van der Waals surface area contributed by atoms with Gasteiger partial charge in [0.25, 0.3) is 53.0 Å². The third kappa shape index (κ3) is 19.8. The Labute approximate surface area is 550 Å². The van der Waals surface area contributed by atoms with Crippen molar-refractivity contribution in [1.29, 1.82) is 0 Å². The van der Waals surface area contributed by atoms with Crippen molar-refractivity contribution in [1.82, 2.24) is 9.97 Å². The number of rotatable bonds is 24. The Balaban J connectivity index is 0.000000411. The molecule has 0 unspecified atom stereocenters. The summed E-state index contributed by atoms with van der Waals surface area (Å²) in [6, 6.07) is 34.9. The van der Waals surface area contributed by atoms with Gasteiger partial charge in [0.15, 0.2) is 19.3 Å². The largest absolute Gasteiger partial charge is 0.508 e. The van der Waals surface area contributed by atoms with Crippen LogP contribution in [0.15, 0.2) is 178 Å². The van der Waals surface area contributed by atoms with Crippen LogP contribution in [-0.2, 0) is 78.3 Å². The first kappa shape index (κ1) is 76.8. The molecule has 2 heterocycles. The lowest BCUT2D eigenvalue weighted by atomic mass is 10.1. The van der Waals surface area contributed by atoms with Crippen LogP contribution in [-0.4, -0.2) is 123 Å². The molecule has 0 radical (unpaired) electrons. The standard InChI is InChI=1S/C29H33N3O6S2.C25H21N3O10S2.2CO2.CH4.BBr3/c1-5-19-31(39(33,34)24-15-11-22(37-3)12-16-24)28-21-30-29(27-10-8-7-9-26(27)28)32(20-6-2)40(35,36)25-17-13-23(38-4)14-18-25;29-16-37-14-27(39(33,34)20-9-5-18(31)6-10-20)24-13-26-25(23-4-2-1-3-22(23)24)28(15-38-17-30)40(35,36)21-11-7-19(32)8-12-21;2*2-1-3;;2-1(3)4/h7-18,21H,5-6,19-20H2,1-4H3;1-13,16-17,31-32H,14-15H2;;;1H4;. The molecular weight excluding hydrogens is 1470 g/mol. The third-order valence-electron chi connectivity index (χ3n) is 12.0. The fourth-order valence-electron chi connectivity index (χ4n) is 8.19. The predicted octanol–water partition coefficient (Wildman–Crippen LogP) is 9.39. The van der Waals surface area contributed by atoms with Crippen molar-refractivity contribution in [2.45, 2.75) is 53.7 Å². The third-order valence-corrected chi connectivity index (χ3v) is 19.1. The molecule has 0 aliphatic carbocycles. The number of hydrogen-bond donors (Lipinski definition) is 2. The van der Waals surface area contributed by atoms with Gasteiger partial charge in [-0.25, -0.2) is 56.6 Å². The molecule has 0 saturated carbocycles. The Morgan fingerprint density at radius 3 is 1.08 bits per heavy atom. The van der Waals surface area contributed by atoms with E-state index in [-0.39, 0.29) is 108 Å². The van der Waals surface area contributed by atoms with E-state index in [4.69, 9.17) is 38.1 Å². The normalized spacial score (nSPS) is 10.7. The molecule has 0 fully saturated rings. The van der Waals surface area contributed by atoms with Gasteiger partial charge in [-0.05, 0) is 110 Å². The summed E-state index contributed by atoms with van der Waals surface area (Å²) in [6.07, 6.45) is 4.12. The Morgan fingerprint density at radius 1 is 0.462 bits per heavy atom. The second-order valence-corrected chi connectivity index (χ2v) is 31.3. The number of aromatic hydroxyl groups is 2. The van der Waals surface area contributed by atoms with Crippen LogP contribution in [0.25, 0.3) is 21.5 Å². The van der Waals surface area contributed by atoms with E-state index in [1.807, 2.05) is 13.8 Å². The van der Waals surface area contributed by atoms with E-state index >= 15 is 0 Å². The Hall–Kier alpha value is -8.46. The number of hydrogen-bond acceptors (Lipinski definition) is 22. The van der Waals surface area contributed by atoms with Crippen molar-refractivity contribution in [3.8, 4) is 23.0 Å². The SMILES string of the molecule is BrB(Br)Br.C.CCCN(c1cnc(N(CCC)S(=O)(=O)c2ccc(OC)cc2)c2ccccc12)S(=O)(=O)c1ccc(OC)cc1.O=C=O.O=C=O.O=COCN(c1cnc(N(COC=O)S(=O)(=O)c2ccc(O)cc2)c2ccccc12)S(=O)(=O)c1ccc(O)cc1. The highest BCUT2D eigenvalue weighted by atomic mass is 79.9. The topological polar surface area (TPSA) is 355 Å². The van der Waals surface area contributed by atoms with Gasteiger partial charge >= 0.3 is 15.5 Å². The number of phenolic OH excluding ortho intramolecular Hbond substituents is 2. The summed E-state index contributed by atoms with van der Waals surface area (Å²) < 4.78 is 134. The fraction of sp³-hybridized carbons (Fsp3) is 0.193. The van der Waals surface area contributed by atoms with Crippen LogP contribution in [0, 0.1) is 0 Å². The number of sulfonamides is 4. The summed E-state index contributed by atoms with van der Waals surface area (Å²) in [4.78, 5) is 63.0. The molecule has 91 heavy (non-hydrogen) atoms. The molecule has 0 bridgehead atoms. The highest BCUT2D eigenvalue weighted by molar-refractivity contribution is 9.69. The smallest absolute Gasteiger partial charge is 0.373 e. The maximum atomic E-state index is 13.8. The molecule has 0 amide bonds. The second kappa shape index (κ2) is 36.4. The number of pyridine rings is 2. The van der Waals surface area contributed by atoms with E-state index in [1.54, 1.807) is 60.7 Å². The Kier molecular flexibility index (Phi) is 30.7. The zero-order valence-corrected chi connectivity index (χ0v) is 55.7. The fourth-order valence-corrected chi connectivity index (χ4v) is 13.9. The van der Waals surface area contributed by atoms with Crippen LogP contribution < -0.4 is 26.7 Å². The minimum Gasteiger partial charge on any atom is -0.508 e. The van der Waals surface area contributed by atoms with Gasteiger partial charge in [0.1, 0.15) is 28.8 Å². The van der Waals surface area contributed by atoms with Gasteiger partial charge in [0.2, 0.25) is 0 Å². The van der Waals surface area contributed by atoms with Gasteiger partial charge in [-0.2, -0.15) is 19.2 Å². The number of aromatic nitrogens is 2.